The van der Waals surface area contributed by atoms with E-state index in [4.69, 9.17) is 5.73 Å². The fourth-order valence-electron chi connectivity index (χ4n) is 1.81. The Balaban J connectivity index is 2.80. The number of ether oxygens (including phenoxy) is 1. The lowest BCUT2D eigenvalue weighted by Gasteiger charge is -2.24. The zero-order chi connectivity index (χ0) is 12.9. The first-order chi connectivity index (χ1) is 7.99. The molecular formula is C14H21NO2. The van der Waals surface area contributed by atoms with Gasteiger partial charge in [-0.2, -0.15) is 0 Å². The molecule has 0 fully saturated rings. The number of nitrogens with two attached hydrogens (primary N) is 1. The highest BCUT2D eigenvalue weighted by Crippen LogP contribution is 2.22. The van der Waals surface area contributed by atoms with Crippen LogP contribution in [0.3, 0.4) is 0 Å². The Morgan fingerprint density at radius 2 is 1.94 bits per heavy atom. The van der Waals surface area contributed by atoms with E-state index in [2.05, 4.69) is 23.8 Å². The number of esters is 1. The van der Waals surface area contributed by atoms with Gasteiger partial charge in [0.15, 0.2) is 0 Å². The average Bonchev–Trinajstić information content (AvgIpc) is 2.29. The van der Waals surface area contributed by atoms with E-state index in [1.165, 1.54) is 12.7 Å². The lowest BCUT2D eigenvalue weighted by molar-refractivity contribution is -0.141. The molecule has 1 atom stereocenters. The molecule has 0 radical (unpaired) electrons. The summed E-state index contributed by atoms with van der Waals surface area (Å²) in [7, 11) is 1.38. The van der Waals surface area contributed by atoms with Crippen molar-refractivity contribution in [1.29, 1.82) is 0 Å². The molecule has 1 rings (SSSR count). The van der Waals surface area contributed by atoms with E-state index in [0.717, 1.165) is 18.4 Å². The maximum absolute atomic E-state index is 11.3. The zero-order valence-electron chi connectivity index (χ0n) is 10.8. The monoisotopic (exact) mass is 235 g/mol. The number of hydrogen-bond donors (Lipinski definition) is 1. The third-order valence-electron chi connectivity index (χ3n) is 2.89. The molecule has 1 aromatic rings. The quantitative estimate of drug-likeness (QED) is 0.797. The van der Waals surface area contributed by atoms with Gasteiger partial charge in [-0.05, 0) is 24.5 Å². The molecule has 3 heteroatoms. The van der Waals surface area contributed by atoms with Crippen molar-refractivity contribution in [2.24, 2.45) is 5.73 Å². The SMILES string of the molecule is CCCc1ccc(C(C)(N)CC(=O)OC)cc1. The van der Waals surface area contributed by atoms with Gasteiger partial charge in [-0.25, -0.2) is 0 Å². The molecule has 0 aliphatic heterocycles. The van der Waals surface area contributed by atoms with Gasteiger partial charge >= 0.3 is 5.97 Å². The smallest absolute Gasteiger partial charge is 0.307 e. The Bertz CT molecular complexity index is 368. The minimum absolute atomic E-state index is 0.191. The van der Waals surface area contributed by atoms with Gasteiger partial charge in [-0.3, -0.25) is 4.79 Å². The standard InChI is InChI=1S/C14H21NO2/c1-4-5-11-6-8-12(9-7-11)14(2,15)10-13(16)17-3/h6-9H,4-5,10,15H2,1-3H3. The molecular weight excluding hydrogens is 214 g/mol. The summed E-state index contributed by atoms with van der Waals surface area (Å²) in [5.41, 5.74) is 7.73. The van der Waals surface area contributed by atoms with Gasteiger partial charge in [-0.15, -0.1) is 0 Å². The van der Waals surface area contributed by atoms with Crippen molar-refractivity contribution in [3.63, 3.8) is 0 Å². The molecule has 0 aliphatic rings. The summed E-state index contributed by atoms with van der Waals surface area (Å²) in [4.78, 5) is 11.3. The van der Waals surface area contributed by atoms with E-state index in [0.29, 0.717) is 0 Å². The highest BCUT2D eigenvalue weighted by Gasteiger charge is 2.25. The molecule has 0 aliphatic carbocycles. The van der Waals surface area contributed by atoms with Gasteiger partial charge in [0.2, 0.25) is 0 Å². The predicted molar refractivity (Wildman–Crippen MR) is 68.6 cm³/mol. The molecule has 0 saturated heterocycles. The van der Waals surface area contributed by atoms with Crippen LogP contribution in [0, 0.1) is 0 Å². The van der Waals surface area contributed by atoms with E-state index < -0.39 is 5.54 Å². The Hall–Kier alpha value is -1.35. The summed E-state index contributed by atoms with van der Waals surface area (Å²) in [6, 6.07) is 8.13. The van der Waals surface area contributed by atoms with Gasteiger partial charge in [0.05, 0.1) is 13.5 Å². The Labute approximate surface area is 103 Å². The summed E-state index contributed by atoms with van der Waals surface area (Å²) in [6.07, 6.45) is 2.39. The van der Waals surface area contributed by atoms with Crippen LogP contribution in [0.15, 0.2) is 24.3 Å². The molecule has 1 aromatic carbocycles. The summed E-state index contributed by atoms with van der Waals surface area (Å²) in [5.74, 6) is -0.285. The fourth-order valence-corrected chi connectivity index (χ4v) is 1.81. The second-order valence-electron chi connectivity index (χ2n) is 4.62. The molecule has 0 spiro atoms. The third kappa shape index (κ3) is 3.86. The van der Waals surface area contributed by atoms with Gasteiger partial charge in [0, 0.05) is 5.54 Å². The molecule has 0 bridgehead atoms. The van der Waals surface area contributed by atoms with E-state index in [1.54, 1.807) is 0 Å². The molecule has 0 amide bonds. The third-order valence-corrected chi connectivity index (χ3v) is 2.89. The second kappa shape index (κ2) is 5.82. The normalized spacial score (nSPS) is 14.1. The van der Waals surface area contributed by atoms with E-state index in [-0.39, 0.29) is 12.4 Å². The topological polar surface area (TPSA) is 52.3 Å². The molecule has 2 N–H and O–H groups in total. The van der Waals surface area contributed by atoms with Crippen molar-refractivity contribution >= 4 is 5.97 Å². The first kappa shape index (κ1) is 13.7. The fraction of sp³-hybridized carbons (Fsp3) is 0.500. The number of benzene rings is 1. The summed E-state index contributed by atoms with van der Waals surface area (Å²) < 4.78 is 4.65. The Morgan fingerprint density at radius 1 is 1.35 bits per heavy atom. The number of carbonyl (C=O) groups excluding carboxylic acids is 1. The van der Waals surface area contributed by atoms with Crippen LogP contribution in [0.2, 0.25) is 0 Å². The van der Waals surface area contributed by atoms with Crippen molar-refractivity contribution in [1.82, 2.24) is 0 Å². The molecule has 3 nitrogen and oxygen atoms in total. The highest BCUT2D eigenvalue weighted by atomic mass is 16.5. The molecule has 17 heavy (non-hydrogen) atoms. The zero-order valence-corrected chi connectivity index (χ0v) is 10.8. The van der Waals surface area contributed by atoms with Crippen LogP contribution in [-0.2, 0) is 21.5 Å². The van der Waals surface area contributed by atoms with Gasteiger partial charge in [0.25, 0.3) is 0 Å². The average molecular weight is 235 g/mol. The largest absolute Gasteiger partial charge is 0.469 e. The predicted octanol–water partition coefficient (Wildman–Crippen LogP) is 2.38. The number of hydrogen-bond acceptors (Lipinski definition) is 3. The minimum atomic E-state index is -0.669. The van der Waals surface area contributed by atoms with E-state index >= 15 is 0 Å². The number of rotatable bonds is 5. The van der Waals surface area contributed by atoms with Crippen molar-refractivity contribution in [2.45, 2.75) is 38.6 Å². The molecule has 94 valence electrons. The molecule has 0 heterocycles. The van der Waals surface area contributed by atoms with Gasteiger partial charge < -0.3 is 10.5 Å². The Morgan fingerprint density at radius 3 is 2.41 bits per heavy atom. The van der Waals surface area contributed by atoms with Gasteiger partial charge in [0.1, 0.15) is 0 Å². The lowest BCUT2D eigenvalue weighted by Crippen LogP contribution is -2.35. The van der Waals surface area contributed by atoms with Crippen LogP contribution in [0.25, 0.3) is 0 Å². The van der Waals surface area contributed by atoms with Crippen LogP contribution in [0.1, 0.15) is 37.8 Å². The van der Waals surface area contributed by atoms with Crippen molar-refractivity contribution < 1.29 is 9.53 Å². The first-order valence-electron chi connectivity index (χ1n) is 5.94. The van der Waals surface area contributed by atoms with E-state index in [9.17, 15) is 4.79 Å². The molecule has 1 unspecified atom stereocenters. The van der Waals surface area contributed by atoms with Crippen LogP contribution >= 0.6 is 0 Å². The van der Waals surface area contributed by atoms with E-state index in [1.807, 2.05) is 19.1 Å². The highest BCUT2D eigenvalue weighted by molar-refractivity contribution is 5.71. The van der Waals surface area contributed by atoms with Crippen LogP contribution < -0.4 is 5.73 Å². The second-order valence-corrected chi connectivity index (χ2v) is 4.62. The Kier molecular flexibility index (Phi) is 4.70. The summed E-state index contributed by atoms with van der Waals surface area (Å²) in [5, 5.41) is 0. The van der Waals surface area contributed by atoms with Gasteiger partial charge in [-0.1, -0.05) is 37.6 Å². The maximum Gasteiger partial charge on any atom is 0.307 e. The maximum atomic E-state index is 11.3. The summed E-state index contributed by atoms with van der Waals surface area (Å²) in [6.45, 7) is 4.00. The summed E-state index contributed by atoms with van der Waals surface area (Å²) >= 11 is 0. The minimum Gasteiger partial charge on any atom is -0.469 e. The van der Waals surface area contributed by atoms with Crippen molar-refractivity contribution in [3.05, 3.63) is 35.4 Å². The lowest BCUT2D eigenvalue weighted by atomic mass is 9.89. The molecule has 0 aromatic heterocycles. The number of methoxy groups -OCH3 is 1. The van der Waals surface area contributed by atoms with Crippen molar-refractivity contribution in [3.8, 4) is 0 Å². The first-order valence-corrected chi connectivity index (χ1v) is 5.94. The van der Waals surface area contributed by atoms with Crippen molar-refractivity contribution in [2.75, 3.05) is 7.11 Å². The van der Waals surface area contributed by atoms with Crippen LogP contribution in [0.4, 0.5) is 0 Å². The van der Waals surface area contributed by atoms with Crippen LogP contribution in [0.5, 0.6) is 0 Å². The number of carbonyl (C=O) groups is 1. The molecule has 0 saturated carbocycles. The number of aryl methyl sites for hydroxylation is 1. The van der Waals surface area contributed by atoms with Crippen LogP contribution in [-0.4, -0.2) is 13.1 Å².